The van der Waals surface area contributed by atoms with Crippen LogP contribution in [0, 0.1) is 12.8 Å². The highest BCUT2D eigenvalue weighted by Gasteiger charge is 2.30. The van der Waals surface area contributed by atoms with Crippen molar-refractivity contribution in [3.05, 3.63) is 15.9 Å². The Morgan fingerprint density at radius 1 is 1.38 bits per heavy atom. The first-order valence-electron chi connectivity index (χ1n) is 8.17. The molecule has 2 heterocycles. The van der Waals surface area contributed by atoms with Gasteiger partial charge in [0.05, 0.1) is 15.9 Å². The molecule has 1 fully saturated rings. The van der Waals surface area contributed by atoms with Crippen molar-refractivity contribution in [3.63, 3.8) is 0 Å². The summed E-state index contributed by atoms with van der Waals surface area (Å²) in [4.78, 5) is 2.64. The number of rotatable bonds is 5. The maximum atomic E-state index is 4.63. The highest BCUT2D eigenvalue weighted by Crippen LogP contribution is 2.25. The summed E-state index contributed by atoms with van der Waals surface area (Å²) in [5.74, 6) is 0.660. The number of nitrogens with zero attached hydrogens (tertiary/aromatic N) is 3. The summed E-state index contributed by atoms with van der Waals surface area (Å²) in [7, 11) is 0. The van der Waals surface area contributed by atoms with E-state index in [4.69, 9.17) is 0 Å². The topological polar surface area (TPSA) is 33.1 Å². The zero-order valence-electron chi connectivity index (χ0n) is 14.0. The number of nitrogens with one attached hydrogen (secondary N) is 1. The van der Waals surface area contributed by atoms with E-state index in [1.54, 1.807) is 0 Å². The van der Waals surface area contributed by atoms with E-state index in [1.807, 2.05) is 0 Å². The van der Waals surface area contributed by atoms with E-state index in [9.17, 15) is 0 Å². The van der Waals surface area contributed by atoms with Crippen LogP contribution in [0.1, 0.15) is 45.5 Å². The molecule has 21 heavy (non-hydrogen) atoms. The lowest BCUT2D eigenvalue weighted by Gasteiger charge is -2.42. The minimum Gasteiger partial charge on any atom is -0.311 e. The summed E-state index contributed by atoms with van der Waals surface area (Å²) in [6.07, 6.45) is 1.19. The standard InChI is InChI=1S/C16H29BrN4/c1-6-13-9-20(14(8-18-13)11(3)4)10-15-16(17)12(5)19-21(15)7-2/h11,13-14,18H,6-10H2,1-5H3. The molecule has 2 atom stereocenters. The molecule has 2 rings (SSSR count). The predicted molar refractivity (Wildman–Crippen MR) is 91.5 cm³/mol. The number of hydrogen-bond donors (Lipinski definition) is 1. The van der Waals surface area contributed by atoms with Gasteiger partial charge >= 0.3 is 0 Å². The highest BCUT2D eigenvalue weighted by atomic mass is 79.9. The number of aromatic nitrogens is 2. The van der Waals surface area contributed by atoms with Crippen molar-refractivity contribution in [2.75, 3.05) is 13.1 Å². The smallest absolute Gasteiger partial charge is 0.0739 e. The molecular weight excluding hydrogens is 328 g/mol. The third-order valence-corrected chi connectivity index (χ3v) is 5.64. The summed E-state index contributed by atoms with van der Waals surface area (Å²) in [6, 6.07) is 1.21. The van der Waals surface area contributed by atoms with Gasteiger partial charge in [0.2, 0.25) is 0 Å². The molecule has 2 unspecified atom stereocenters. The predicted octanol–water partition coefficient (Wildman–Crippen LogP) is 3.18. The molecule has 0 spiro atoms. The van der Waals surface area contributed by atoms with Gasteiger partial charge in [0.25, 0.3) is 0 Å². The molecule has 0 saturated carbocycles. The quantitative estimate of drug-likeness (QED) is 0.879. The summed E-state index contributed by atoms with van der Waals surface area (Å²) >= 11 is 3.73. The van der Waals surface area contributed by atoms with Gasteiger partial charge in [0.15, 0.2) is 0 Å². The number of halogens is 1. The Bertz CT molecular complexity index is 469. The average Bonchev–Trinajstić information content (AvgIpc) is 2.74. The third kappa shape index (κ3) is 3.69. The third-order valence-electron chi connectivity index (χ3n) is 4.61. The maximum Gasteiger partial charge on any atom is 0.0739 e. The molecule has 1 aromatic heterocycles. The molecule has 4 nitrogen and oxygen atoms in total. The zero-order valence-corrected chi connectivity index (χ0v) is 15.6. The lowest BCUT2D eigenvalue weighted by Crippen LogP contribution is -2.57. The van der Waals surface area contributed by atoms with Crippen molar-refractivity contribution in [2.45, 2.75) is 66.2 Å². The van der Waals surface area contributed by atoms with Gasteiger partial charge in [-0.05, 0) is 42.1 Å². The van der Waals surface area contributed by atoms with Crippen LogP contribution in [-0.4, -0.2) is 39.9 Å². The van der Waals surface area contributed by atoms with E-state index in [2.05, 4.69) is 70.5 Å². The van der Waals surface area contributed by atoms with Crippen LogP contribution in [0.25, 0.3) is 0 Å². The monoisotopic (exact) mass is 356 g/mol. The fourth-order valence-electron chi connectivity index (χ4n) is 3.22. The van der Waals surface area contributed by atoms with E-state index in [1.165, 1.54) is 16.6 Å². The average molecular weight is 357 g/mol. The van der Waals surface area contributed by atoms with Crippen molar-refractivity contribution in [1.82, 2.24) is 20.0 Å². The number of piperazine rings is 1. The second-order valence-electron chi connectivity index (χ2n) is 6.42. The molecule has 0 bridgehead atoms. The lowest BCUT2D eigenvalue weighted by atomic mass is 9.97. The maximum absolute atomic E-state index is 4.63. The van der Waals surface area contributed by atoms with Crippen molar-refractivity contribution < 1.29 is 0 Å². The Kier molecular flexibility index (Phi) is 5.86. The van der Waals surface area contributed by atoms with Crippen LogP contribution < -0.4 is 5.32 Å². The molecule has 1 saturated heterocycles. The van der Waals surface area contributed by atoms with Crippen molar-refractivity contribution >= 4 is 15.9 Å². The molecule has 5 heteroatoms. The van der Waals surface area contributed by atoms with Crippen LogP contribution >= 0.6 is 15.9 Å². The van der Waals surface area contributed by atoms with E-state index in [0.29, 0.717) is 18.0 Å². The van der Waals surface area contributed by atoms with Gasteiger partial charge in [-0.2, -0.15) is 5.10 Å². The summed E-state index contributed by atoms with van der Waals surface area (Å²) in [5, 5.41) is 8.32. The summed E-state index contributed by atoms with van der Waals surface area (Å²) in [5.41, 5.74) is 2.41. The summed E-state index contributed by atoms with van der Waals surface area (Å²) in [6.45, 7) is 15.3. The van der Waals surface area contributed by atoms with Crippen molar-refractivity contribution in [1.29, 1.82) is 0 Å². The van der Waals surface area contributed by atoms with Gasteiger partial charge in [-0.3, -0.25) is 9.58 Å². The Labute approximate surface area is 137 Å². The van der Waals surface area contributed by atoms with E-state index in [-0.39, 0.29) is 0 Å². The van der Waals surface area contributed by atoms with Crippen LogP contribution in [0.4, 0.5) is 0 Å². The fourth-order valence-corrected chi connectivity index (χ4v) is 3.63. The Balaban J connectivity index is 2.21. The molecule has 0 radical (unpaired) electrons. The van der Waals surface area contributed by atoms with Crippen LogP contribution in [-0.2, 0) is 13.1 Å². The molecule has 0 aliphatic carbocycles. The van der Waals surface area contributed by atoms with Crippen LogP contribution in [0.5, 0.6) is 0 Å². The van der Waals surface area contributed by atoms with Crippen LogP contribution in [0.3, 0.4) is 0 Å². The summed E-state index contributed by atoms with van der Waals surface area (Å²) < 4.78 is 3.32. The van der Waals surface area contributed by atoms with Gasteiger partial charge in [0, 0.05) is 38.3 Å². The normalized spacial score (nSPS) is 24.0. The van der Waals surface area contributed by atoms with Gasteiger partial charge in [0.1, 0.15) is 0 Å². The lowest BCUT2D eigenvalue weighted by molar-refractivity contribution is 0.0871. The first-order valence-corrected chi connectivity index (χ1v) is 8.96. The van der Waals surface area contributed by atoms with Crippen molar-refractivity contribution in [3.8, 4) is 0 Å². The molecule has 0 amide bonds. The van der Waals surface area contributed by atoms with Gasteiger partial charge < -0.3 is 5.32 Å². The Morgan fingerprint density at radius 2 is 2.10 bits per heavy atom. The van der Waals surface area contributed by atoms with Crippen molar-refractivity contribution in [2.24, 2.45) is 5.92 Å². The van der Waals surface area contributed by atoms with Crippen LogP contribution in [0.2, 0.25) is 0 Å². The number of aryl methyl sites for hydroxylation is 2. The first kappa shape index (κ1) is 17.0. The SMILES string of the molecule is CCC1CN(Cc2c(Br)c(C)nn2CC)C(C(C)C)CN1. The van der Waals surface area contributed by atoms with Gasteiger partial charge in [-0.1, -0.05) is 20.8 Å². The van der Waals surface area contributed by atoms with Gasteiger partial charge in [-0.25, -0.2) is 0 Å². The molecule has 1 N–H and O–H groups in total. The molecule has 120 valence electrons. The minimum atomic E-state index is 0.597. The van der Waals surface area contributed by atoms with Crippen LogP contribution in [0.15, 0.2) is 4.47 Å². The molecule has 1 aliphatic heterocycles. The van der Waals surface area contributed by atoms with E-state index in [0.717, 1.165) is 31.9 Å². The molecule has 1 aromatic rings. The first-order chi connectivity index (χ1) is 9.97. The fraction of sp³-hybridized carbons (Fsp3) is 0.812. The number of hydrogen-bond acceptors (Lipinski definition) is 3. The molecule has 0 aromatic carbocycles. The molecule has 1 aliphatic rings. The minimum absolute atomic E-state index is 0.597. The highest BCUT2D eigenvalue weighted by molar-refractivity contribution is 9.10. The Hall–Kier alpha value is -0.390. The van der Waals surface area contributed by atoms with Gasteiger partial charge in [-0.15, -0.1) is 0 Å². The largest absolute Gasteiger partial charge is 0.311 e. The second-order valence-corrected chi connectivity index (χ2v) is 7.21. The Morgan fingerprint density at radius 3 is 2.67 bits per heavy atom. The second kappa shape index (κ2) is 7.25. The molecular formula is C16H29BrN4. The van der Waals surface area contributed by atoms with E-state index >= 15 is 0 Å². The zero-order chi connectivity index (χ0) is 15.6. The van der Waals surface area contributed by atoms with E-state index < -0.39 is 0 Å².